The van der Waals surface area contributed by atoms with Gasteiger partial charge >= 0.3 is 5.63 Å². The van der Waals surface area contributed by atoms with Crippen LogP contribution in [0.3, 0.4) is 0 Å². The normalized spacial score (nSPS) is 14.8. The zero-order valence-electron chi connectivity index (χ0n) is 17.4. The highest BCUT2D eigenvalue weighted by molar-refractivity contribution is 6.01. The summed E-state index contributed by atoms with van der Waals surface area (Å²) in [6, 6.07) is 6.82. The summed E-state index contributed by atoms with van der Waals surface area (Å²) in [7, 11) is 0. The molecule has 0 radical (unpaired) electrons. The van der Waals surface area contributed by atoms with Crippen LogP contribution in [0.2, 0.25) is 0 Å². The molecule has 0 saturated carbocycles. The Labute approximate surface area is 176 Å². The second-order valence-corrected chi connectivity index (χ2v) is 7.84. The van der Waals surface area contributed by atoms with Gasteiger partial charge in [0.05, 0.1) is 36.9 Å². The van der Waals surface area contributed by atoms with E-state index in [1.807, 2.05) is 6.07 Å². The molecule has 2 aromatic heterocycles. The largest absolute Gasteiger partial charge is 0.492 e. The van der Waals surface area contributed by atoms with Gasteiger partial charge in [0.1, 0.15) is 16.9 Å². The van der Waals surface area contributed by atoms with Gasteiger partial charge in [-0.2, -0.15) is 0 Å². The number of furan rings is 1. The van der Waals surface area contributed by atoms with Gasteiger partial charge < -0.3 is 23.0 Å². The van der Waals surface area contributed by atoms with Crippen LogP contribution in [0.5, 0.6) is 5.75 Å². The van der Waals surface area contributed by atoms with Crippen molar-refractivity contribution in [2.24, 2.45) is 0 Å². The molecule has 4 rings (SSSR count). The van der Waals surface area contributed by atoms with E-state index >= 15 is 0 Å². The first kappa shape index (κ1) is 20.9. The van der Waals surface area contributed by atoms with Gasteiger partial charge in [0.15, 0.2) is 6.29 Å². The number of rotatable bonds is 12. The number of hydrogen-bond acceptors (Lipinski definition) is 6. The summed E-state index contributed by atoms with van der Waals surface area (Å²) in [5.41, 5.74) is 0.781. The average molecular weight is 414 g/mol. The molecule has 0 N–H and O–H groups in total. The van der Waals surface area contributed by atoms with Gasteiger partial charge in [-0.1, -0.05) is 38.5 Å². The van der Waals surface area contributed by atoms with Crippen molar-refractivity contribution in [2.75, 3.05) is 19.8 Å². The first-order valence-electron chi connectivity index (χ1n) is 11.1. The van der Waals surface area contributed by atoms with Gasteiger partial charge in [-0.25, -0.2) is 4.79 Å². The van der Waals surface area contributed by atoms with Crippen molar-refractivity contribution in [3.05, 3.63) is 40.9 Å². The van der Waals surface area contributed by atoms with Gasteiger partial charge in [-0.3, -0.25) is 0 Å². The van der Waals surface area contributed by atoms with E-state index in [1.54, 1.807) is 18.4 Å². The van der Waals surface area contributed by atoms with Crippen LogP contribution in [-0.4, -0.2) is 26.1 Å². The third-order valence-electron chi connectivity index (χ3n) is 5.58. The summed E-state index contributed by atoms with van der Waals surface area (Å²) in [4.78, 5) is 11.5. The zero-order valence-corrected chi connectivity index (χ0v) is 17.4. The molecule has 0 aliphatic carbocycles. The number of ether oxygens (including phenoxy) is 3. The molecule has 1 aliphatic heterocycles. The van der Waals surface area contributed by atoms with E-state index < -0.39 is 0 Å². The first-order valence-corrected chi connectivity index (χ1v) is 11.1. The third-order valence-corrected chi connectivity index (χ3v) is 5.58. The lowest BCUT2D eigenvalue weighted by Gasteiger charge is -2.10. The van der Waals surface area contributed by atoms with Crippen LogP contribution in [0, 0.1) is 0 Å². The molecule has 6 nitrogen and oxygen atoms in total. The molecule has 0 bridgehead atoms. The summed E-state index contributed by atoms with van der Waals surface area (Å²) in [5, 5.41) is 1.71. The fraction of sp³-hybridized carbons (Fsp3) is 0.542. The molecule has 1 aromatic carbocycles. The standard InChI is InChI=1S/C24H30O6/c25-22-11-10-18-21(30-22)17-20-19(12-14-26-20)24(18)29-13-8-6-4-2-1-3-5-7-9-23-27-15-16-28-23/h10-12,14,17,23H,1-9,13,15-16H2. The average Bonchev–Trinajstić information content (AvgIpc) is 3.43. The van der Waals surface area contributed by atoms with Crippen LogP contribution in [-0.2, 0) is 9.47 Å². The van der Waals surface area contributed by atoms with Crippen molar-refractivity contribution in [3.63, 3.8) is 0 Å². The van der Waals surface area contributed by atoms with Crippen LogP contribution < -0.4 is 10.4 Å². The van der Waals surface area contributed by atoms with Crippen molar-refractivity contribution < 1.29 is 23.0 Å². The van der Waals surface area contributed by atoms with Crippen LogP contribution in [0.4, 0.5) is 0 Å². The van der Waals surface area contributed by atoms with Crippen molar-refractivity contribution >= 4 is 21.9 Å². The second-order valence-electron chi connectivity index (χ2n) is 7.84. The molecule has 3 heterocycles. The molecule has 0 atom stereocenters. The predicted octanol–water partition coefficient (Wildman–Crippen LogP) is 5.80. The zero-order chi connectivity index (χ0) is 20.6. The Hall–Kier alpha value is -2.31. The SMILES string of the molecule is O=c1ccc2c(OCCCCCCCCCCC3OCCO3)c3ccoc3cc2o1. The Morgan fingerprint density at radius 1 is 0.833 bits per heavy atom. The minimum atomic E-state index is -0.375. The molecular weight excluding hydrogens is 384 g/mol. The van der Waals surface area contributed by atoms with Crippen LogP contribution in [0.15, 0.2) is 44.2 Å². The lowest BCUT2D eigenvalue weighted by atomic mass is 10.1. The first-order chi connectivity index (χ1) is 14.8. The molecule has 1 aliphatic rings. The minimum absolute atomic E-state index is 0.0473. The maximum Gasteiger partial charge on any atom is 0.336 e. The monoisotopic (exact) mass is 414 g/mol. The van der Waals surface area contributed by atoms with Gasteiger partial charge in [0.25, 0.3) is 0 Å². The van der Waals surface area contributed by atoms with Crippen LogP contribution in [0.1, 0.15) is 57.8 Å². The Bertz CT molecular complexity index is 982. The van der Waals surface area contributed by atoms with Gasteiger partial charge in [-0.05, 0) is 31.4 Å². The Balaban J connectivity index is 1.14. The fourth-order valence-corrected chi connectivity index (χ4v) is 3.99. The quantitative estimate of drug-likeness (QED) is 0.275. The predicted molar refractivity (Wildman–Crippen MR) is 115 cm³/mol. The smallest absolute Gasteiger partial charge is 0.336 e. The maximum absolute atomic E-state index is 11.5. The summed E-state index contributed by atoms with van der Waals surface area (Å²) < 4.78 is 27.8. The highest BCUT2D eigenvalue weighted by Gasteiger charge is 2.15. The van der Waals surface area contributed by atoms with Gasteiger partial charge in [0.2, 0.25) is 0 Å². The topological polar surface area (TPSA) is 71.0 Å². The molecule has 0 unspecified atom stereocenters. The molecular formula is C24H30O6. The maximum atomic E-state index is 11.5. The number of benzene rings is 1. The molecule has 162 valence electrons. The van der Waals surface area contributed by atoms with E-state index in [1.165, 1.54) is 44.6 Å². The number of unbranched alkanes of at least 4 members (excludes halogenated alkanes) is 7. The lowest BCUT2D eigenvalue weighted by molar-refractivity contribution is -0.0480. The van der Waals surface area contributed by atoms with Gasteiger partial charge in [0, 0.05) is 12.1 Å². The molecule has 1 fully saturated rings. The molecule has 1 saturated heterocycles. The van der Waals surface area contributed by atoms with E-state index in [-0.39, 0.29) is 11.9 Å². The van der Waals surface area contributed by atoms with Crippen LogP contribution in [0.25, 0.3) is 21.9 Å². The van der Waals surface area contributed by atoms with Crippen LogP contribution >= 0.6 is 0 Å². The van der Waals surface area contributed by atoms with E-state index in [0.29, 0.717) is 17.8 Å². The number of fused-ring (bicyclic) bond motifs is 2. The van der Waals surface area contributed by atoms with Crippen molar-refractivity contribution in [1.29, 1.82) is 0 Å². The highest BCUT2D eigenvalue weighted by Crippen LogP contribution is 2.35. The molecule has 0 amide bonds. The summed E-state index contributed by atoms with van der Waals surface area (Å²) in [6.45, 7) is 2.14. The van der Waals surface area contributed by atoms with E-state index in [9.17, 15) is 4.79 Å². The molecule has 6 heteroatoms. The number of hydrogen-bond donors (Lipinski definition) is 0. The fourth-order valence-electron chi connectivity index (χ4n) is 3.99. The highest BCUT2D eigenvalue weighted by atomic mass is 16.7. The summed E-state index contributed by atoms with van der Waals surface area (Å²) in [5.74, 6) is 0.732. The molecule has 3 aromatic rings. The summed E-state index contributed by atoms with van der Waals surface area (Å²) in [6.07, 6.45) is 12.4. The van der Waals surface area contributed by atoms with E-state index in [0.717, 1.165) is 49.0 Å². The molecule has 0 spiro atoms. The summed E-state index contributed by atoms with van der Waals surface area (Å²) >= 11 is 0. The van der Waals surface area contributed by atoms with Crippen molar-refractivity contribution in [1.82, 2.24) is 0 Å². The lowest BCUT2D eigenvalue weighted by Crippen LogP contribution is -2.06. The molecule has 30 heavy (non-hydrogen) atoms. The Kier molecular flexibility index (Phi) is 7.43. The second kappa shape index (κ2) is 10.6. The van der Waals surface area contributed by atoms with Gasteiger partial charge in [-0.15, -0.1) is 0 Å². The van der Waals surface area contributed by atoms with Crippen molar-refractivity contribution in [3.8, 4) is 5.75 Å². The van der Waals surface area contributed by atoms with Crippen molar-refractivity contribution in [2.45, 2.75) is 64.1 Å². The Morgan fingerprint density at radius 3 is 2.33 bits per heavy atom. The Morgan fingerprint density at radius 2 is 1.53 bits per heavy atom. The van der Waals surface area contributed by atoms with E-state index in [2.05, 4.69) is 0 Å². The van der Waals surface area contributed by atoms with E-state index in [4.69, 9.17) is 23.0 Å². The third kappa shape index (κ3) is 5.43. The minimum Gasteiger partial charge on any atom is -0.492 e.